The Morgan fingerprint density at radius 2 is 2.00 bits per heavy atom. The number of aliphatic carboxylic acids is 1. The highest BCUT2D eigenvalue weighted by molar-refractivity contribution is 5.73. The normalized spacial score (nSPS) is 18.5. The molecule has 1 N–H and O–H groups in total. The molecule has 0 spiro atoms. The van der Waals surface area contributed by atoms with Crippen LogP contribution in [0.25, 0.3) is 11.1 Å². The molecule has 0 aromatic heterocycles. The average Bonchev–Trinajstić information content (AvgIpc) is 3.51. The van der Waals surface area contributed by atoms with Gasteiger partial charge in [0, 0.05) is 24.0 Å². The molecule has 1 unspecified atom stereocenters. The van der Waals surface area contributed by atoms with Gasteiger partial charge in [0.25, 0.3) is 0 Å². The molecular formula is C29H29FO6. The quantitative estimate of drug-likeness (QED) is 0.428. The number of fused-ring (bicyclic) bond motifs is 1. The Balaban J connectivity index is 1.31. The maximum Gasteiger partial charge on any atom is 0.304 e. The Hall–Kier alpha value is -3.58. The molecule has 0 saturated carbocycles. The molecule has 2 heterocycles. The fourth-order valence-electron chi connectivity index (χ4n) is 4.95. The summed E-state index contributed by atoms with van der Waals surface area (Å²) >= 11 is 0. The molecule has 1 saturated heterocycles. The fraction of sp³-hybridized carbons (Fsp3) is 0.345. The Bertz CT molecular complexity index is 1280. The molecule has 1 fully saturated rings. The van der Waals surface area contributed by atoms with Gasteiger partial charge in [-0.1, -0.05) is 24.3 Å². The minimum absolute atomic E-state index is 0.0432. The summed E-state index contributed by atoms with van der Waals surface area (Å²) in [5.41, 5.74) is 5.09. The van der Waals surface area contributed by atoms with Crippen molar-refractivity contribution in [2.24, 2.45) is 0 Å². The van der Waals surface area contributed by atoms with Crippen molar-refractivity contribution in [3.05, 3.63) is 76.6 Å². The second-order valence-corrected chi connectivity index (χ2v) is 9.40. The van der Waals surface area contributed by atoms with Crippen LogP contribution in [0.15, 0.2) is 48.5 Å². The summed E-state index contributed by atoms with van der Waals surface area (Å²) in [4.78, 5) is 11.1. The van der Waals surface area contributed by atoms with Crippen LogP contribution < -0.4 is 14.2 Å². The number of hydrogen-bond donors (Lipinski definition) is 1. The number of aryl methyl sites for hydroxylation is 1. The minimum Gasteiger partial charge on any atom is -0.492 e. The van der Waals surface area contributed by atoms with Crippen LogP contribution in [-0.2, 0) is 16.1 Å². The lowest BCUT2D eigenvalue weighted by atomic mass is 9.94. The highest BCUT2D eigenvalue weighted by Gasteiger charge is 2.27. The zero-order valence-electron chi connectivity index (χ0n) is 20.4. The summed E-state index contributed by atoms with van der Waals surface area (Å²) in [6, 6.07) is 15.2. The maximum atomic E-state index is 15.2. The fourth-order valence-corrected chi connectivity index (χ4v) is 4.95. The van der Waals surface area contributed by atoms with E-state index in [4.69, 9.17) is 24.1 Å². The van der Waals surface area contributed by atoms with Crippen LogP contribution in [-0.4, -0.2) is 37.0 Å². The van der Waals surface area contributed by atoms with Gasteiger partial charge in [-0.05, 0) is 59.9 Å². The molecule has 0 amide bonds. The van der Waals surface area contributed by atoms with Gasteiger partial charge in [-0.25, -0.2) is 4.39 Å². The Labute approximate surface area is 209 Å². The smallest absolute Gasteiger partial charge is 0.304 e. The second kappa shape index (κ2) is 10.2. The SMILES string of the molecule is Cc1cc(O[C@@H]2CCOC2)c(F)c(C)c1-c1cccc(COc2ccc3c(c2)OCC3CC(=O)O)c1. The predicted molar refractivity (Wildman–Crippen MR) is 132 cm³/mol. The van der Waals surface area contributed by atoms with Crippen LogP contribution in [0.5, 0.6) is 17.2 Å². The molecule has 0 radical (unpaired) electrons. The van der Waals surface area contributed by atoms with Crippen molar-refractivity contribution < 1.29 is 33.2 Å². The van der Waals surface area contributed by atoms with Gasteiger partial charge in [-0.3, -0.25) is 4.79 Å². The Morgan fingerprint density at radius 3 is 2.78 bits per heavy atom. The number of hydrogen-bond acceptors (Lipinski definition) is 5. The van der Waals surface area contributed by atoms with Crippen molar-refractivity contribution >= 4 is 5.97 Å². The van der Waals surface area contributed by atoms with E-state index in [0.29, 0.717) is 43.5 Å². The van der Waals surface area contributed by atoms with E-state index >= 15 is 4.39 Å². The van der Waals surface area contributed by atoms with E-state index in [0.717, 1.165) is 34.2 Å². The van der Waals surface area contributed by atoms with Gasteiger partial charge in [0.15, 0.2) is 11.6 Å². The molecule has 0 bridgehead atoms. The molecule has 3 aromatic carbocycles. The van der Waals surface area contributed by atoms with Crippen molar-refractivity contribution in [3.63, 3.8) is 0 Å². The second-order valence-electron chi connectivity index (χ2n) is 9.40. The topological polar surface area (TPSA) is 74.2 Å². The lowest BCUT2D eigenvalue weighted by Gasteiger charge is -2.18. The van der Waals surface area contributed by atoms with Gasteiger partial charge in [0.05, 0.1) is 26.2 Å². The monoisotopic (exact) mass is 492 g/mol. The first-order valence-electron chi connectivity index (χ1n) is 12.1. The molecule has 0 aliphatic carbocycles. The van der Waals surface area contributed by atoms with Crippen LogP contribution in [0.1, 0.15) is 41.0 Å². The molecule has 2 atom stereocenters. The molecule has 2 aliphatic heterocycles. The number of carboxylic acids is 1. The number of halogens is 1. The number of benzene rings is 3. The van der Waals surface area contributed by atoms with Gasteiger partial charge in [0.2, 0.25) is 0 Å². The van der Waals surface area contributed by atoms with Crippen LogP contribution in [0, 0.1) is 19.7 Å². The highest BCUT2D eigenvalue weighted by atomic mass is 19.1. The molecular weight excluding hydrogens is 463 g/mol. The third kappa shape index (κ3) is 5.02. The van der Waals surface area contributed by atoms with Crippen LogP contribution in [0.3, 0.4) is 0 Å². The number of rotatable bonds is 8. The van der Waals surface area contributed by atoms with E-state index in [1.165, 1.54) is 0 Å². The maximum absolute atomic E-state index is 15.2. The van der Waals surface area contributed by atoms with Gasteiger partial charge in [-0.15, -0.1) is 0 Å². The summed E-state index contributed by atoms with van der Waals surface area (Å²) in [6.07, 6.45) is 0.694. The first-order chi connectivity index (χ1) is 17.4. The van der Waals surface area contributed by atoms with Crippen LogP contribution in [0.4, 0.5) is 4.39 Å². The lowest BCUT2D eigenvalue weighted by Crippen LogP contribution is -2.17. The van der Waals surface area contributed by atoms with Crippen LogP contribution >= 0.6 is 0 Å². The highest BCUT2D eigenvalue weighted by Crippen LogP contribution is 2.39. The first kappa shape index (κ1) is 24.1. The lowest BCUT2D eigenvalue weighted by molar-refractivity contribution is -0.137. The number of ether oxygens (including phenoxy) is 4. The van der Waals surface area contributed by atoms with Gasteiger partial charge in [0.1, 0.15) is 24.2 Å². The molecule has 7 heteroatoms. The number of carboxylic acid groups (broad SMARTS) is 1. The largest absolute Gasteiger partial charge is 0.492 e. The minimum atomic E-state index is -0.840. The van der Waals surface area contributed by atoms with Crippen LogP contribution in [0.2, 0.25) is 0 Å². The summed E-state index contributed by atoms with van der Waals surface area (Å²) in [5.74, 6) is 0.259. The zero-order valence-corrected chi connectivity index (χ0v) is 20.4. The third-order valence-corrected chi connectivity index (χ3v) is 6.75. The molecule has 188 valence electrons. The van der Waals surface area contributed by atoms with E-state index in [-0.39, 0.29) is 30.0 Å². The van der Waals surface area contributed by atoms with Crippen molar-refractivity contribution in [1.29, 1.82) is 0 Å². The van der Waals surface area contributed by atoms with Gasteiger partial charge >= 0.3 is 5.97 Å². The summed E-state index contributed by atoms with van der Waals surface area (Å²) < 4.78 is 38.1. The van der Waals surface area contributed by atoms with E-state index in [1.54, 1.807) is 19.1 Å². The first-order valence-corrected chi connectivity index (χ1v) is 12.1. The standard InChI is InChI=1S/C29H29FO6/c1-17-10-26(36-23-8-9-33-16-23)29(30)18(2)28(17)20-5-3-4-19(11-20)14-34-22-6-7-24-21(12-27(31)32)15-35-25(24)13-22/h3-7,10-11,13,21,23H,8-9,12,14-16H2,1-2H3,(H,31,32)/t21?,23-/m1/s1. The zero-order chi connectivity index (χ0) is 25.2. The predicted octanol–water partition coefficient (Wildman–Crippen LogP) is 5.81. The van der Waals surface area contributed by atoms with Gasteiger partial charge in [-0.2, -0.15) is 0 Å². The van der Waals surface area contributed by atoms with Crippen molar-refractivity contribution in [3.8, 4) is 28.4 Å². The average molecular weight is 493 g/mol. The van der Waals surface area contributed by atoms with E-state index in [9.17, 15) is 4.79 Å². The van der Waals surface area contributed by atoms with Crippen molar-refractivity contribution in [2.75, 3.05) is 19.8 Å². The van der Waals surface area contributed by atoms with Gasteiger partial charge < -0.3 is 24.1 Å². The molecule has 5 rings (SSSR count). The molecule has 6 nitrogen and oxygen atoms in total. The van der Waals surface area contributed by atoms with E-state index < -0.39 is 5.97 Å². The van der Waals surface area contributed by atoms with E-state index in [1.807, 2.05) is 43.3 Å². The Morgan fingerprint density at radius 1 is 1.14 bits per heavy atom. The summed E-state index contributed by atoms with van der Waals surface area (Å²) in [7, 11) is 0. The van der Waals surface area contributed by atoms with Crippen molar-refractivity contribution in [1.82, 2.24) is 0 Å². The third-order valence-electron chi connectivity index (χ3n) is 6.75. The molecule has 36 heavy (non-hydrogen) atoms. The van der Waals surface area contributed by atoms with E-state index in [2.05, 4.69) is 0 Å². The number of carbonyl (C=O) groups is 1. The Kier molecular flexibility index (Phi) is 6.83. The summed E-state index contributed by atoms with van der Waals surface area (Å²) in [5, 5.41) is 9.08. The molecule has 3 aromatic rings. The molecule has 2 aliphatic rings. The summed E-state index contributed by atoms with van der Waals surface area (Å²) in [6.45, 7) is 5.56. The van der Waals surface area contributed by atoms with Crippen molar-refractivity contribution in [2.45, 2.75) is 45.3 Å².